The molecule has 392 valence electrons. The Morgan fingerprint density at radius 2 is 0.574 bits per heavy atom. The zero-order valence-electron chi connectivity index (χ0n) is 44.9. The first-order chi connectivity index (χ1) is 33.5. The maximum Gasteiger partial charge on any atom is 0.306 e. The number of unbranched alkanes of at least 4 members (excludes halogenated alkanes) is 29. The Bertz CT molecular complexity index is 1270. The van der Waals surface area contributed by atoms with Gasteiger partial charge in [-0.1, -0.05) is 248 Å². The van der Waals surface area contributed by atoms with Crippen LogP contribution in [0.2, 0.25) is 0 Å². The van der Waals surface area contributed by atoms with Crippen molar-refractivity contribution >= 4 is 17.9 Å². The molecule has 0 bridgehead atoms. The standard InChI is InChI=1S/C62H108O6/c1-4-7-10-13-16-19-22-25-27-29-31-33-35-37-40-43-46-49-52-55-61(64)67-58-59(57-66-60(63)54-51-48-45-42-39-24-21-18-15-12-9-6-3)68-62(65)56-53-50-47-44-41-38-36-34-32-30-28-26-23-20-17-14-11-8-5-2/h8,11,17,20,25-28,32,34,38,41,59H,4-7,9-10,12-16,18-19,21-24,29-31,33,35-37,39-40,42-58H2,1-3H3/b11-8-,20-17-,27-25-,28-26-,34-32-,41-38-/t59-/m0/s1. The summed E-state index contributed by atoms with van der Waals surface area (Å²) >= 11 is 0. The monoisotopic (exact) mass is 949 g/mol. The Morgan fingerprint density at radius 1 is 0.309 bits per heavy atom. The third kappa shape index (κ3) is 53.8. The molecule has 6 heteroatoms. The predicted molar refractivity (Wildman–Crippen MR) is 293 cm³/mol. The van der Waals surface area contributed by atoms with Gasteiger partial charge in [0.1, 0.15) is 13.2 Å². The second kappa shape index (κ2) is 56.4. The molecule has 0 unspecified atom stereocenters. The van der Waals surface area contributed by atoms with Crippen LogP contribution >= 0.6 is 0 Å². The summed E-state index contributed by atoms with van der Waals surface area (Å²) in [5.41, 5.74) is 0. The number of esters is 3. The summed E-state index contributed by atoms with van der Waals surface area (Å²) in [4.78, 5) is 38.1. The number of carbonyl (C=O) groups excluding carboxylic acids is 3. The van der Waals surface area contributed by atoms with Crippen LogP contribution in [0.1, 0.15) is 284 Å². The quantitative estimate of drug-likeness (QED) is 0.0262. The molecule has 0 N–H and O–H groups in total. The Balaban J connectivity index is 4.40. The Hall–Kier alpha value is -3.15. The van der Waals surface area contributed by atoms with Crippen LogP contribution in [0.5, 0.6) is 0 Å². The third-order valence-corrected chi connectivity index (χ3v) is 12.4. The summed E-state index contributed by atoms with van der Waals surface area (Å²) in [5, 5.41) is 0. The van der Waals surface area contributed by atoms with Crippen molar-refractivity contribution in [1.29, 1.82) is 0 Å². The molecule has 0 amide bonds. The zero-order valence-corrected chi connectivity index (χ0v) is 44.9. The van der Waals surface area contributed by atoms with Gasteiger partial charge < -0.3 is 14.2 Å². The van der Waals surface area contributed by atoms with Gasteiger partial charge in [0.05, 0.1) is 0 Å². The predicted octanol–water partition coefficient (Wildman–Crippen LogP) is 19.4. The highest BCUT2D eigenvalue weighted by Crippen LogP contribution is 2.15. The minimum Gasteiger partial charge on any atom is -0.462 e. The van der Waals surface area contributed by atoms with Gasteiger partial charge in [-0.25, -0.2) is 0 Å². The minimum absolute atomic E-state index is 0.0872. The van der Waals surface area contributed by atoms with Crippen molar-refractivity contribution in [3.63, 3.8) is 0 Å². The molecule has 0 saturated heterocycles. The first-order valence-corrected chi connectivity index (χ1v) is 28.9. The molecule has 68 heavy (non-hydrogen) atoms. The van der Waals surface area contributed by atoms with Crippen LogP contribution in [0, 0.1) is 0 Å². The van der Waals surface area contributed by atoms with E-state index in [9.17, 15) is 14.4 Å². The zero-order chi connectivity index (χ0) is 49.3. The summed E-state index contributed by atoms with van der Waals surface area (Å²) in [7, 11) is 0. The highest BCUT2D eigenvalue weighted by Gasteiger charge is 2.19. The van der Waals surface area contributed by atoms with Crippen molar-refractivity contribution in [2.75, 3.05) is 13.2 Å². The van der Waals surface area contributed by atoms with E-state index < -0.39 is 6.10 Å². The van der Waals surface area contributed by atoms with Crippen LogP contribution in [0.15, 0.2) is 72.9 Å². The van der Waals surface area contributed by atoms with E-state index in [1.807, 2.05) is 0 Å². The summed E-state index contributed by atoms with van der Waals surface area (Å²) in [6, 6.07) is 0. The Labute approximate surface area is 421 Å². The first kappa shape index (κ1) is 64.8. The fourth-order valence-corrected chi connectivity index (χ4v) is 8.11. The molecule has 0 aliphatic rings. The van der Waals surface area contributed by atoms with E-state index in [1.54, 1.807) is 0 Å². The van der Waals surface area contributed by atoms with Crippen molar-refractivity contribution in [3.8, 4) is 0 Å². The van der Waals surface area contributed by atoms with Crippen LogP contribution in [0.3, 0.4) is 0 Å². The first-order valence-electron chi connectivity index (χ1n) is 28.9. The van der Waals surface area contributed by atoms with E-state index in [0.717, 1.165) is 96.3 Å². The van der Waals surface area contributed by atoms with E-state index in [0.29, 0.717) is 19.3 Å². The summed E-state index contributed by atoms with van der Waals surface area (Å²) in [6.45, 7) is 6.51. The van der Waals surface area contributed by atoms with Gasteiger partial charge in [-0.2, -0.15) is 0 Å². The molecule has 0 aromatic carbocycles. The lowest BCUT2D eigenvalue weighted by Gasteiger charge is -2.18. The normalized spacial score (nSPS) is 12.6. The lowest BCUT2D eigenvalue weighted by atomic mass is 10.0. The maximum atomic E-state index is 12.8. The Kier molecular flexibility index (Phi) is 53.8. The van der Waals surface area contributed by atoms with Gasteiger partial charge in [0.15, 0.2) is 6.10 Å². The van der Waals surface area contributed by atoms with Gasteiger partial charge in [-0.15, -0.1) is 0 Å². The molecule has 0 aromatic heterocycles. The van der Waals surface area contributed by atoms with E-state index >= 15 is 0 Å². The number of allylic oxidation sites excluding steroid dienone is 12. The van der Waals surface area contributed by atoms with Crippen molar-refractivity contribution in [1.82, 2.24) is 0 Å². The second-order valence-electron chi connectivity index (χ2n) is 19.2. The van der Waals surface area contributed by atoms with Gasteiger partial charge in [0.25, 0.3) is 0 Å². The highest BCUT2D eigenvalue weighted by molar-refractivity contribution is 5.71. The van der Waals surface area contributed by atoms with Gasteiger partial charge in [-0.05, 0) is 89.9 Å². The second-order valence-corrected chi connectivity index (χ2v) is 19.2. The molecule has 0 radical (unpaired) electrons. The van der Waals surface area contributed by atoms with Gasteiger partial charge >= 0.3 is 17.9 Å². The van der Waals surface area contributed by atoms with Crippen LogP contribution < -0.4 is 0 Å². The lowest BCUT2D eigenvalue weighted by molar-refractivity contribution is -0.167. The molecular weight excluding hydrogens is 841 g/mol. The lowest BCUT2D eigenvalue weighted by Crippen LogP contribution is -2.30. The molecular formula is C62H108O6. The van der Waals surface area contributed by atoms with Gasteiger partial charge in [0.2, 0.25) is 0 Å². The van der Waals surface area contributed by atoms with Crippen LogP contribution in [-0.2, 0) is 28.6 Å². The SMILES string of the molecule is CC/C=C\C/C=C\C/C=C\C/C=C\C/C=C\CCCCCC(=O)O[C@H](COC(=O)CCCCCCCCCCC/C=C\CCCCCCCC)COC(=O)CCCCCCCCCCCCCC. The Morgan fingerprint density at radius 3 is 0.926 bits per heavy atom. The molecule has 1 atom stereocenters. The van der Waals surface area contributed by atoms with Crippen molar-refractivity contribution < 1.29 is 28.6 Å². The average Bonchev–Trinajstić information content (AvgIpc) is 3.34. The fourth-order valence-electron chi connectivity index (χ4n) is 8.11. The molecule has 0 aromatic rings. The summed E-state index contributed by atoms with van der Waals surface area (Å²) in [6.07, 6.45) is 71.8. The summed E-state index contributed by atoms with van der Waals surface area (Å²) < 4.78 is 16.8. The summed E-state index contributed by atoms with van der Waals surface area (Å²) in [5.74, 6) is -0.913. The molecule has 0 spiro atoms. The largest absolute Gasteiger partial charge is 0.462 e. The topological polar surface area (TPSA) is 78.9 Å². The van der Waals surface area contributed by atoms with Gasteiger partial charge in [-0.3, -0.25) is 14.4 Å². The number of hydrogen-bond acceptors (Lipinski definition) is 6. The minimum atomic E-state index is -0.792. The van der Waals surface area contributed by atoms with E-state index in [-0.39, 0.29) is 31.1 Å². The maximum absolute atomic E-state index is 12.8. The highest BCUT2D eigenvalue weighted by atomic mass is 16.6. The van der Waals surface area contributed by atoms with Crippen molar-refractivity contribution in [3.05, 3.63) is 72.9 Å². The molecule has 0 aliphatic heterocycles. The van der Waals surface area contributed by atoms with Crippen LogP contribution in [-0.4, -0.2) is 37.2 Å². The molecule has 0 rings (SSSR count). The molecule has 0 heterocycles. The van der Waals surface area contributed by atoms with Gasteiger partial charge in [0, 0.05) is 19.3 Å². The van der Waals surface area contributed by atoms with Crippen molar-refractivity contribution in [2.24, 2.45) is 0 Å². The molecule has 0 fully saturated rings. The van der Waals surface area contributed by atoms with Crippen LogP contribution in [0.4, 0.5) is 0 Å². The van der Waals surface area contributed by atoms with Crippen LogP contribution in [0.25, 0.3) is 0 Å². The number of carbonyl (C=O) groups is 3. The van der Waals surface area contributed by atoms with E-state index in [1.165, 1.54) is 148 Å². The van der Waals surface area contributed by atoms with Crippen molar-refractivity contribution in [2.45, 2.75) is 290 Å². The number of ether oxygens (including phenoxy) is 3. The molecule has 0 aliphatic carbocycles. The molecule has 0 saturated carbocycles. The molecule has 6 nitrogen and oxygen atoms in total. The number of hydrogen-bond donors (Lipinski definition) is 0. The average molecular weight is 950 g/mol. The third-order valence-electron chi connectivity index (χ3n) is 12.4. The van der Waals surface area contributed by atoms with E-state index in [2.05, 4.69) is 93.7 Å². The fraction of sp³-hybridized carbons (Fsp3) is 0.758. The van der Waals surface area contributed by atoms with E-state index in [4.69, 9.17) is 14.2 Å². The number of rotatable bonds is 52. The smallest absolute Gasteiger partial charge is 0.306 e.